The van der Waals surface area contributed by atoms with Gasteiger partial charge in [0.2, 0.25) is 11.6 Å². The number of nitrogens with two attached hydrogens (primary N) is 1. The standard InChI is InChI=1S/C34H27N5O13S3/c1-51-27-12-17(7-9-24(27)36-38-26-16-29(54(45,46)47)21-5-3-4-6-22(21)33(26)40)18-8-10-25(28(13-18)52-2)37-39-32-30(55(48,49)50)14-19-11-20(53(42,43)44)15-23(35)31(19)34(32)41/h3-16,36-37H,35H2,1-2H3,(H,42,43,44)(H,45,46,47)(H,48,49,50)/b38-26-,39-32+. The normalized spacial score (nSPS) is 15.9. The van der Waals surface area contributed by atoms with E-state index in [0.717, 1.165) is 24.3 Å². The third-order valence-corrected chi connectivity index (χ3v) is 10.8. The Labute approximate surface area is 312 Å². The Hall–Kier alpha value is -6.23. The van der Waals surface area contributed by atoms with E-state index in [9.17, 15) is 48.5 Å². The van der Waals surface area contributed by atoms with Crippen molar-refractivity contribution in [2.45, 2.75) is 4.90 Å². The lowest BCUT2D eigenvalue weighted by molar-refractivity contribution is 0.105. The number of nitrogens with one attached hydrogen (secondary N) is 2. The number of nitrogens with zero attached hydrogens (tertiary/aromatic N) is 2. The molecule has 0 spiro atoms. The average Bonchev–Trinajstić information content (AvgIpc) is 3.12. The third kappa shape index (κ3) is 7.60. The molecule has 4 aromatic carbocycles. The Morgan fingerprint density at radius 3 is 1.71 bits per heavy atom. The van der Waals surface area contributed by atoms with Crippen LogP contribution < -0.4 is 26.1 Å². The summed E-state index contributed by atoms with van der Waals surface area (Å²) >= 11 is 0. The van der Waals surface area contributed by atoms with Crippen LogP contribution in [-0.4, -0.2) is 76.1 Å². The quantitative estimate of drug-likeness (QED) is 0.0750. The molecule has 0 heterocycles. The van der Waals surface area contributed by atoms with Crippen molar-refractivity contribution in [2.24, 2.45) is 10.2 Å². The monoisotopic (exact) mass is 809 g/mol. The maximum atomic E-state index is 13.4. The largest absolute Gasteiger partial charge is 0.494 e. The zero-order valence-corrected chi connectivity index (χ0v) is 30.7. The summed E-state index contributed by atoms with van der Waals surface area (Å²) in [5.74, 6) is -1.25. The Kier molecular flexibility index (Phi) is 9.94. The van der Waals surface area contributed by atoms with E-state index in [2.05, 4.69) is 21.1 Å². The number of hydrogen-bond acceptors (Lipinski definition) is 15. The molecule has 2 aliphatic rings. The molecule has 284 valence electrons. The smallest absolute Gasteiger partial charge is 0.296 e. The lowest BCUT2D eigenvalue weighted by Gasteiger charge is -2.19. The van der Waals surface area contributed by atoms with Crippen molar-refractivity contribution in [2.75, 3.05) is 30.8 Å². The fraction of sp³-hybridized carbons (Fsp3) is 0.0588. The second-order valence-electron chi connectivity index (χ2n) is 11.6. The number of ketones is 2. The number of allylic oxidation sites excluding steroid dienone is 2. The Morgan fingerprint density at radius 1 is 0.636 bits per heavy atom. The van der Waals surface area contributed by atoms with E-state index in [0.29, 0.717) is 11.1 Å². The van der Waals surface area contributed by atoms with Crippen LogP contribution in [0.1, 0.15) is 31.8 Å². The van der Waals surface area contributed by atoms with Gasteiger partial charge in [-0.15, -0.1) is 0 Å². The summed E-state index contributed by atoms with van der Waals surface area (Å²) in [6.07, 6.45) is 1.75. The first-order valence-corrected chi connectivity index (χ1v) is 19.7. The van der Waals surface area contributed by atoms with E-state index in [4.69, 9.17) is 15.2 Å². The number of carbonyl (C=O) groups is 2. The van der Waals surface area contributed by atoms with Crippen LogP contribution in [-0.2, 0) is 30.4 Å². The number of anilines is 3. The molecule has 18 nitrogen and oxygen atoms in total. The maximum absolute atomic E-state index is 13.4. The second-order valence-corrected chi connectivity index (χ2v) is 15.8. The van der Waals surface area contributed by atoms with E-state index in [1.807, 2.05) is 0 Å². The summed E-state index contributed by atoms with van der Waals surface area (Å²) in [5.41, 5.74) is 10.7. The number of benzene rings is 4. The van der Waals surface area contributed by atoms with E-state index < -0.39 is 68.0 Å². The van der Waals surface area contributed by atoms with E-state index in [1.165, 1.54) is 38.5 Å². The number of Topliss-reactive ketones (excluding diaryl/α,β-unsaturated/α-hetero) is 2. The van der Waals surface area contributed by atoms with Gasteiger partial charge in [0.25, 0.3) is 30.4 Å². The summed E-state index contributed by atoms with van der Waals surface area (Å²) in [6, 6.07) is 17.0. The van der Waals surface area contributed by atoms with E-state index >= 15 is 0 Å². The zero-order chi connectivity index (χ0) is 40.0. The van der Waals surface area contributed by atoms with E-state index in [-0.39, 0.29) is 50.8 Å². The van der Waals surface area contributed by atoms with Crippen molar-refractivity contribution in [1.82, 2.24) is 0 Å². The Balaban J connectivity index is 1.29. The number of rotatable bonds is 10. The SMILES string of the molecule is COc1cc(-c2ccc(N/N=C3/C(=O)c4c(N)cc(S(=O)(=O)O)cc4C=C3S(=O)(=O)O)c(OC)c2)ccc1N/N=C1/C=C(S(=O)(=O)O)c2ccccc2C1=O. The highest BCUT2D eigenvalue weighted by atomic mass is 32.2. The van der Waals surface area contributed by atoms with Crippen molar-refractivity contribution in [1.29, 1.82) is 0 Å². The van der Waals surface area contributed by atoms with Crippen LogP contribution in [0.4, 0.5) is 17.1 Å². The number of fused-ring (bicyclic) bond motifs is 2. The molecule has 0 bridgehead atoms. The second kappa shape index (κ2) is 14.2. The number of carbonyl (C=O) groups excluding carboxylic acids is 2. The molecular weight excluding hydrogens is 783 g/mol. The van der Waals surface area contributed by atoms with Gasteiger partial charge in [0.15, 0.2) is 5.71 Å². The van der Waals surface area contributed by atoms with Gasteiger partial charge in [0.05, 0.1) is 36.1 Å². The molecule has 0 atom stereocenters. The summed E-state index contributed by atoms with van der Waals surface area (Å²) < 4.78 is 112. The molecule has 0 unspecified atom stereocenters. The average molecular weight is 810 g/mol. The highest BCUT2D eigenvalue weighted by Crippen LogP contribution is 2.37. The van der Waals surface area contributed by atoms with Gasteiger partial charge < -0.3 is 15.2 Å². The Bertz CT molecular complexity index is 2810. The molecule has 0 aliphatic heterocycles. The lowest BCUT2D eigenvalue weighted by atomic mass is 9.93. The third-order valence-electron chi connectivity index (χ3n) is 8.25. The van der Waals surface area contributed by atoms with Crippen LogP contribution in [0, 0.1) is 0 Å². The summed E-state index contributed by atoms with van der Waals surface area (Å²) in [7, 11) is -11.9. The predicted octanol–water partition coefficient (Wildman–Crippen LogP) is 3.99. The molecule has 0 fully saturated rings. The minimum absolute atomic E-state index is 0.0336. The summed E-state index contributed by atoms with van der Waals surface area (Å²) in [6.45, 7) is 0. The van der Waals surface area contributed by atoms with Crippen LogP contribution in [0.25, 0.3) is 22.1 Å². The molecule has 21 heteroatoms. The van der Waals surface area contributed by atoms with E-state index in [1.54, 1.807) is 36.4 Å². The molecule has 55 heavy (non-hydrogen) atoms. The van der Waals surface area contributed by atoms with Crippen molar-refractivity contribution in [3.8, 4) is 22.6 Å². The zero-order valence-electron chi connectivity index (χ0n) is 28.2. The molecule has 2 aliphatic carbocycles. The molecule has 0 saturated carbocycles. The molecule has 0 saturated heterocycles. The first kappa shape index (κ1) is 38.5. The van der Waals surface area contributed by atoms with Crippen LogP contribution in [0.3, 0.4) is 0 Å². The summed E-state index contributed by atoms with van der Waals surface area (Å²) in [5, 5.41) is 8.01. The van der Waals surface area contributed by atoms with Crippen LogP contribution >= 0.6 is 0 Å². The first-order chi connectivity index (χ1) is 25.8. The van der Waals surface area contributed by atoms with Gasteiger partial charge in [0, 0.05) is 16.8 Å². The minimum Gasteiger partial charge on any atom is -0.494 e. The predicted molar refractivity (Wildman–Crippen MR) is 202 cm³/mol. The van der Waals surface area contributed by atoms with Crippen LogP contribution in [0.5, 0.6) is 11.5 Å². The van der Waals surface area contributed by atoms with Crippen molar-refractivity contribution >= 4 is 81.4 Å². The minimum atomic E-state index is -5.11. The fourth-order valence-electron chi connectivity index (χ4n) is 5.69. The molecule has 0 radical (unpaired) electrons. The van der Waals surface area contributed by atoms with Gasteiger partial charge in [-0.25, -0.2) is 0 Å². The van der Waals surface area contributed by atoms with Crippen molar-refractivity contribution < 1.29 is 58.0 Å². The van der Waals surface area contributed by atoms with Gasteiger partial charge in [-0.05, 0) is 65.2 Å². The Morgan fingerprint density at radius 2 is 1.18 bits per heavy atom. The number of hydrogen-bond donors (Lipinski definition) is 6. The summed E-state index contributed by atoms with van der Waals surface area (Å²) in [4.78, 5) is 24.3. The highest BCUT2D eigenvalue weighted by molar-refractivity contribution is 7.95. The van der Waals surface area contributed by atoms with Gasteiger partial charge in [-0.1, -0.05) is 36.4 Å². The number of nitrogen functional groups attached to an aromatic ring is 1. The van der Waals surface area contributed by atoms with Gasteiger partial charge in [-0.2, -0.15) is 35.5 Å². The molecule has 4 aromatic rings. The van der Waals surface area contributed by atoms with Crippen molar-refractivity contribution in [3.05, 3.63) is 106 Å². The number of ether oxygens (including phenoxy) is 2. The van der Waals surface area contributed by atoms with Crippen LogP contribution in [0.2, 0.25) is 0 Å². The number of hydrazone groups is 2. The van der Waals surface area contributed by atoms with Gasteiger partial charge in [0.1, 0.15) is 27.0 Å². The first-order valence-electron chi connectivity index (χ1n) is 15.3. The highest BCUT2D eigenvalue weighted by Gasteiger charge is 2.35. The fourth-order valence-corrected chi connectivity index (χ4v) is 7.61. The molecule has 7 N–H and O–H groups in total. The van der Waals surface area contributed by atoms with Crippen LogP contribution in [0.15, 0.2) is 98.9 Å². The maximum Gasteiger partial charge on any atom is 0.296 e. The lowest BCUT2D eigenvalue weighted by Crippen LogP contribution is -2.28. The van der Waals surface area contributed by atoms with Gasteiger partial charge >= 0.3 is 0 Å². The van der Waals surface area contributed by atoms with Crippen molar-refractivity contribution in [3.63, 3.8) is 0 Å². The molecular formula is C34H27N5O13S3. The topological polar surface area (TPSA) is 291 Å². The number of methoxy groups -OCH3 is 2. The molecule has 0 aromatic heterocycles. The molecule has 0 amide bonds. The van der Waals surface area contributed by atoms with Gasteiger partial charge in [-0.3, -0.25) is 34.1 Å². The molecule has 6 rings (SSSR count).